The molecule has 0 aromatic heterocycles. The van der Waals surface area contributed by atoms with E-state index >= 15 is 0 Å². The zero-order valence-electron chi connectivity index (χ0n) is 9.85. The van der Waals surface area contributed by atoms with E-state index < -0.39 is 16.8 Å². The highest BCUT2D eigenvalue weighted by atomic mass is 19.3. The molecule has 2 heterocycles. The van der Waals surface area contributed by atoms with Crippen molar-refractivity contribution in [2.75, 3.05) is 32.8 Å². The Morgan fingerprint density at radius 1 is 1.61 bits per heavy atom. The molecule has 0 amide bonds. The number of hydrogen-bond donors (Lipinski definition) is 0. The van der Waals surface area contributed by atoms with Crippen LogP contribution in [0.4, 0.5) is 8.78 Å². The Morgan fingerprint density at radius 3 is 3.00 bits per heavy atom. The maximum atomic E-state index is 13.5. The van der Waals surface area contributed by atoms with E-state index in [1.54, 1.807) is 0 Å². The number of aliphatic imine (C=N–C) groups is 1. The summed E-state index contributed by atoms with van der Waals surface area (Å²) in [7, 11) is 0. The molecule has 0 bridgehead atoms. The first-order valence-corrected chi connectivity index (χ1v) is 5.91. The Labute approximate surface area is 103 Å². The van der Waals surface area contributed by atoms with Gasteiger partial charge in [0.2, 0.25) is 0 Å². The van der Waals surface area contributed by atoms with Crippen LogP contribution in [0.1, 0.15) is 12.8 Å². The molecule has 1 saturated heterocycles. The van der Waals surface area contributed by atoms with E-state index in [-0.39, 0.29) is 12.5 Å². The molecule has 1 unspecified atom stereocenters. The van der Waals surface area contributed by atoms with Crippen LogP contribution in [0.2, 0.25) is 0 Å². The summed E-state index contributed by atoms with van der Waals surface area (Å²) in [6.45, 7) is 2.10. The number of rotatable bonds is 4. The molecule has 0 aromatic carbocycles. The second-order valence-corrected chi connectivity index (χ2v) is 4.53. The van der Waals surface area contributed by atoms with Gasteiger partial charge in [-0.05, 0) is 12.8 Å². The van der Waals surface area contributed by atoms with Crippen molar-refractivity contribution in [1.82, 2.24) is 4.90 Å². The van der Waals surface area contributed by atoms with Crippen LogP contribution in [0, 0.1) is 16.0 Å². The summed E-state index contributed by atoms with van der Waals surface area (Å²) >= 11 is 0. The minimum atomic E-state index is -4.10. The van der Waals surface area contributed by atoms with Crippen LogP contribution in [-0.4, -0.2) is 54.6 Å². The lowest BCUT2D eigenvalue weighted by atomic mass is 10.1. The van der Waals surface area contributed by atoms with Gasteiger partial charge in [0.25, 0.3) is 5.84 Å². The van der Waals surface area contributed by atoms with Gasteiger partial charge in [-0.25, -0.2) is 0 Å². The SMILES string of the molecule is O=[N+]([O-])C(F)(F)C1=NCCCN1CC1CCOC1. The van der Waals surface area contributed by atoms with Gasteiger partial charge in [-0.2, -0.15) is 0 Å². The zero-order chi connectivity index (χ0) is 13.2. The van der Waals surface area contributed by atoms with E-state index in [4.69, 9.17) is 4.74 Å². The molecule has 2 aliphatic heterocycles. The van der Waals surface area contributed by atoms with Crippen molar-refractivity contribution < 1.29 is 18.4 Å². The summed E-state index contributed by atoms with van der Waals surface area (Å²) in [6.07, 6.45) is 1.44. The van der Waals surface area contributed by atoms with Crippen LogP contribution in [0.5, 0.6) is 0 Å². The van der Waals surface area contributed by atoms with Crippen molar-refractivity contribution in [2.45, 2.75) is 18.9 Å². The van der Waals surface area contributed by atoms with E-state index in [1.807, 2.05) is 0 Å². The fourth-order valence-corrected chi connectivity index (χ4v) is 2.24. The number of halogens is 2. The smallest absolute Gasteiger partial charge is 0.381 e. The molecule has 0 radical (unpaired) electrons. The Hall–Kier alpha value is -1.31. The number of nitro groups is 1. The van der Waals surface area contributed by atoms with Gasteiger partial charge in [-0.1, -0.05) is 0 Å². The monoisotopic (exact) mass is 263 g/mol. The Morgan fingerprint density at radius 2 is 2.39 bits per heavy atom. The predicted octanol–water partition coefficient (Wildman–Crippen LogP) is 0.997. The quantitative estimate of drug-likeness (QED) is 0.431. The van der Waals surface area contributed by atoms with Gasteiger partial charge in [0, 0.05) is 32.2 Å². The van der Waals surface area contributed by atoms with E-state index in [1.165, 1.54) is 4.90 Å². The third-order valence-corrected chi connectivity index (χ3v) is 3.15. The summed E-state index contributed by atoms with van der Waals surface area (Å²) in [5.41, 5.74) is 0. The molecule has 18 heavy (non-hydrogen) atoms. The number of hydrogen-bond acceptors (Lipinski definition) is 5. The van der Waals surface area contributed by atoms with Crippen LogP contribution >= 0.6 is 0 Å². The third kappa shape index (κ3) is 2.58. The fourth-order valence-electron chi connectivity index (χ4n) is 2.24. The van der Waals surface area contributed by atoms with Gasteiger partial charge in [0.15, 0.2) is 0 Å². The molecule has 1 fully saturated rings. The lowest BCUT2D eigenvalue weighted by Gasteiger charge is -2.31. The zero-order valence-corrected chi connectivity index (χ0v) is 9.85. The van der Waals surface area contributed by atoms with E-state index in [9.17, 15) is 18.9 Å². The number of nitrogens with zero attached hydrogens (tertiary/aromatic N) is 3. The van der Waals surface area contributed by atoms with Gasteiger partial charge < -0.3 is 9.64 Å². The summed E-state index contributed by atoms with van der Waals surface area (Å²) in [5.74, 6) is -0.554. The highest BCUT2D eigenvalue weighted by Gasteiger charge is 2.54. The molecular weight excluding hydrogens is 248 g/mol. The first kappa shape index (κ1) is 13.1. The van der Waals surface area contributed by atoms with E-state index in [0.717, 1.165) is 6.42 Å². The molecule has 8 heteroatoms. The summed E-state index contributed by atoms with van der Waals surface area (Å²) in [4.78, 5) is 13.8. The fraction of sp³-hybridized carbons (Fsp3) is 0.900. The second kappa shape index (κ2) is 5.13. The Balaban J connectivity index is 2.10. The second-order valence-electron chi connectivity index (χ2n) is 4.53. The van der Waals surface area contributed by atoms with Gasteiger partial charge >= 0.3 is 6.05 Å². The molecule has 0 saturated carbocycles. The van der Waals surface area contributed by atoms with Crippen LogP contribution < -0.4 is 0 Å². The molecule has 2 aliphatic rings. The minimum Gasteiger partial charge on any atom is -0.381 e. The maximum absolute atomic E-state index is 13.5. The minimum absolute atomic E-state index is 0.149. The third-order valence-electron chi connectivity index (χ3n) is 3.15. The lowest BCUT2D eigenvalue weighted by Crippen LogP contribution is -2.51. The van der Waals surface area contributed by atoms with Crippen LogP contribution in [0.3, 0.4) is 0 Å². The number of alkyl halides is 2. The average Bonchev–Trinajstić information content (AvgIpc) is 2.82. The van der Waals surface area contributed by atoms with Gasteiger partial charge in [-0.3, -0.25) is 15.1 Å². The van der Waals surface area contributed by atoms with Crippen molar-refractivity contribution in [1.29, 1.82) is 0 Å². The van der Waals surface area contributed by atoms with Crippen LogP contribution in [-0.2, 0) is 4.74 Å². The molecular formula is C10H15F2N3O3. The first-order chi connectivity index (χ1) is 8.51. The standard InChI is InChI=1S/C10H15F2N3O3/c11-10(12,15(16)17)9-13-3-1-4-14(9)6-8-2-5-18-7-8/h8H,1-7H2. The molecule has 0 N–H and O–H groups in total. The number of amidine groups is 1. The highest BCUT2D eigenvalue weighted by Crippen LogP contribution is 2.24. The first-order valence-electron chi connectivity index (χ1n) is 5.91. The molecule has 0 spiro atoms. The molecule has 1 atom stereocenters. The summed E-state index contributed by atoms with van der Waals surface area (Å²) in [6, 6.07) is -4.10. The summed E-state index contributed by atoms with van der Waals surface area (Å²) in [5, 5.41) is 10.4. The van der Waals surface area contributed by atoms with E-state index in [2.05, 4.69) is 4.99 Å². The molecule has 6 nitrogen and oxygen atoms in total. The Kier molecular flexibility index (Phi) is 3.74. The maximum Gasteiger partial charge on any atom is 0.572 e. The molecule has 0 aromatic rings. The summed E-state index contributed by atoms with van der Waals surface area (Å²) < 4.78 is 32.1. The topological polar surface area (TPSA) is 68.0 Å². The van der Waals surface area contributed by atoms with Gasteiger partial charge in [0.05, 0.1) is 6.61 Å². The number of ether oxygens (including phenoxy) is 1. The molecule has 0 aliphatic carbocycles. The van der Waals surface area contributed by atoms with Crippen LogP contribution in [0.25, 0.3) is 0 Å². The Bertz CT molecular complexity index is 356. The van der Waals surface area contributed by atoms with Crippen molar-refractivity contribution in [3.05, 3.63) is 10.1 Å². The van der Waals surface area contributed by atoms with Crippen molar-refractivity contribution in [3.8, 4) is 0 Å². The van der Waals surface area contributed by atoms with Crippen molar-refractivity contribution in [3.63, 3.8) is 0 Å². The normalized spacial score (nSPS) is 25.1. The van der Waals surface area contributed by atoms with Gasteiger partial charge in [-0.15, -0.1) is 8.78 Å². The van der Waals surface area contributed by atoms with Crippen molar-refractivity contribution in [2.24, 2.45) is 10.9 Å². The largest absolute Gasteiger partial charge is 0.572 e. The van der Waals surface area contributed by atoms with Crippen LogP contribution in [0.15, 0.2) is 4.99 Å². The van der Waals surface area contributed by atoms with Gasteiger partial charge in [0.1, 0.15) is 4.92 Å². The predicted molar refractivity (Wildman–Crippen MR) is 59.4 cm³/mol. The highest BCUT2D eigenvalue weighted by molar-refractivity contribution is 5.88. The van der Waals surface area contributed by atoms with E-state index in [0.29, 0.717) is 32.7 Å². The molecule has 102 valence electrons. The average molecular weight is 263 g/mol. The molecule has 2 rings (SSSR count). The lowest BCUT2D eigenvalue weighted by molar-refractivity contribution is -0.618. The van der Waals surface area contributed by atoms with Crippen molar-refractivity contribution >= 4 is 5.84 Å².